The average Bonchev–Trinajstić information content (AvgIpc) is 2.40. The summed E-state index contributed by atoms with van der Waals surface area (Å²) >= 11 is 0. The van der Waals surface area contributed by atoms with Crippen LogP contribution in [-0.4, -0.2) is 66.3 Å². The molecule has 0 spiro atoms. The number of aryl methyl sites for hydroxylation is 1. The van der Waals surface area contributed by atoms with E-state index in [1.54, 1.807) is 11.0 Å². The minimum atomic E-state index is -0.908. The second-order valence-electron chi connectivity index (χ2n) is 5.11. The fourth-order valence-corrected chi connectivity index (χ4v) is 1.68. The third-order valence-corrected chi connectivity index (χ3v) is 2.70. The summed E-state index contributed by atoms with van der Waals surface area (Å²) < 4.78 is 5.52. The van der Waals surface area contributed by atoms with Crippen LogP contribution in [0.1, 0.15) is 19.0 Å². The lowest BCUT2D eigenvalue weighted by molar-refractivity contribution is -0.135. The van der Waals surface area contributed by atoms with Gasteiger partial charge in [0.2, 0.25) is 11.8 Å². The Morgan fingerprint density at radius 1 is 1.33 bits per heavy atom. The van der Waals surface area contributed by atoms with Gasteiger partial charge in [0, 0.05) is 24.8 Å². The average molecular weight is 296 g/mol. The Morgan fingerprint density at radius 3 is 2.62 bits per heavy atom. The summed E-state index contributed by atoms with van der Waals surface area (Å²) in [5.41, 5.74) is 0.756. The highest BCUT2D eigenvalue weighted by Crippen LogP contribution is 2.15. The van der Waals surface area contributed by atoms with Gasteiger partial charge in [-0.3, -0.25) is 4.79 Å². The Bertz CT molecular complexity index is 466. The molecule has 118 valence electrons. The van der Waals surface area contributed by atoms with Crippen LogP contribution in [0.2, 0.25) is 0 Å². The van der Waals surface area contributed by atoms with Gasteiger partial charge in [-0.1, -0.05) is 6.92 Å². The second-order valence-corrected chi connectivity index (χ2v) is 5.11. The van der Waals surface area contributed by atoms with E-state index in [4.69, 9.17) is 9.84 Å². The van der Waals surface area contributed by atoms with Crippen molar-refractivity contribution in [1.29, 1.82) is 0 Å². The number of rotatable bonds is 9. The number of aliphatic carboxylic acids is 1. The molecule has 0 aliphatic carbocycles. The SMILES string of the molecule is CCCOc1cc(C)nc(N(CCN(C)C)CC(=O)O)n1. The van der Waals surface area contributed by atoms with Crippen molar-refractivity contribution < 1.29 is 14.6 Å². The Morgan fingerprint density at radius 2 is 2.05 bits per heavy atom. The van der Waals surface area contributed by atoms with Crippen molar-refractivity contribution in [3.8, 4) is 5.88 Å². The molecular weight excluding hydrogens is 272 g/mol. The van der Waals surface area contributed by atoms with E-state index in [0.29, 0.717) is 25.0 Å². The molecule has 1 N–H and O–H groups in total. The van der Waals surface area contributed by atoms with Crippen LogP contribution in [0, 0.1) is 6.92 Å². The first kappa shape index (κ1) is 17.2. The van der Waals surface area contributed by atoms with Crippen LogP contribution in [0.4, 0.5) is 5.95 Å². The third kappa shape index (κ3) is 6.40. The minimum absolute atomic E-state index is 0.134. The minimum Gasteiger partial charge on any atom is -0.480 e. The van der Waals surface area contributed by atoms with Crippen molar-refractivity contribution >= 4 is 11.9 Å². The predicted octanol–water partition coefficient (Wildman–Crippen LogP) is 1.03. The molecular formula is C14H24N4O3. The van der Waals surface area contributed by atoms with Gasteiger partial charge in [-0.2, -0.15) is 4.98 Å². The largest absolute Gasteiger partial charge is 0.480 e. The van der Waals surface area contributed by atoms with Crippen molar-refractivity contribution in [2.75, 3.05) is 45.2 Å². The Kier molecular flexibility index (Phi) is 6.87. The summed E-state index contributed by atoms with van der Waals surface area (Å²) in [5, 5.41) is 9.05. The number of carboxylic acids is 1. The van der Waals surface area contributed by atoms with E-state index < -0.39 is 5.97 Å². The van der Waals surface area contributed by atoms with Crippen molar-refractivity contribution in [3.63, 3.8) is 0 Å². The fourth-order valence-electron chi connectivity index (χ4n) is 1.68. The fraction of sp³-hybridized carbons (Fsp3) is 0.643. The molecule has 0 aliphatic heterocycles. The summed E-state index contributed by atoms with van der Waals surface area (Å²) in [6.07, 6.45) is 0.887. The van der Waals surface area contributed by atoms with E-state index in [1.807, 2.05) is 32.8 Å². The quantitative estimate of drug-likeness (QED) is 0.729. The van der Waals surface area contributed by atoms with Crippen molar-refractivity contribution in [2.45, 2.75) is 20.3 Å². The monoisotopic (exact) mass is 296 g/mol. The highest BCUT2D eigenvalue weighted by Gasteiger charge is 2.15. The van der Waals surface area contributed by atoms with Gasteiger partial charge in [-0.15, -0.1) is 0 Å². The van der Waals surface area contributed by atoms with E-state index >= 15 is 0 Å². The van der Waals surface area contributed by atoms with Gasteiger partial charge < -0.3 is 19.6 Å². The molecule has 0 aliphatic rings. The summed E-state index contributed by atoms with van der Waals surface area (Å²) in [7, 11) is 3.87. The molecule has 0 radical (unpaired) electrons. The number of ether oxygens (including phenoxy) is 1. The van der Waals surface area contributed by atoms with Crippen molar-refractivity contribution in [3.05, 3.63) is 11.8 Å². The van der Waals surface area contributed by atoms with E-state index in [1.165, 1.54) is 0 Å². The first-order chi connectivity index (χ1) is 9.92. The summed E-state index contributed by atoms with van der Waals surface area (Å²) in [6.45, 7) is 5.56. The standard InChI is InChI=1S/C14H24N4O3/c1-5-8-21-12-9-11(2)15-14(16-12)18(10-13(19)20)7-6-17(3)4/h9H,5-8,10H2,1-4H3,(H,19,20). The van der Waals surface area contributed by atoms with Crippen LogP contribution < -0.4 is 9.64 Å². The third-order valence-electron chi connectivity index (χ3n) is 2.70. The molecule has 0 unspecified atom stereocenters. The van der Waals surface area contributed by atoms with Crippen LogP contribution in [0.25, 0.3) is 0 Å². The normalized spacial score (nSPS) is 10.7. The Hall–Kier alpha value is -1.89. The summed E-state index contributed by atoms with van der Waals surface area (Å²) in [5.74, 6) is -0.0279. The van der Waals surface area contributed by atoms with E-state index in [-0.39, 0.29) is 6.54 Å². The zero-order valence-corrected chi connectivity index (χ0v) is 13.2. The molecule has 0 saturated carbocycles. The molecule has 1 rings (SSSR count). The molecule has 0 amide bonds. The van der Waals surface area contributed by atoms with Gasteiger partial charge in [0.25, 0.3) is 0 Å². The van der Waals surface area contributed by atoms with Gasteiger partial charge in [0.15, 0.2) is 0 Å². The first-order valence-electron chi connectivity index (χ1n) is 7.02. The number of likely N-dealkylation sites (N-methyl/N-ethyl adjacent to an activating group) is 1. The van der Waals surface area contributed by atoms with Gasteiger partial charge in [-0.05, 0) is 27.4 Å². The number of aromatic nitrogens is 2. The van der Waals surface area contributed by atoms with Gasteiger partial charge in [0.1, 0.15) is 6.54 Å². The van der Waals surface area contributed by atoms with Gasteiger partial charge in [-0.25, -0.2) is 4.98 Å². The molecule has 0 fully saturated rings. The lowest BCUT2D eigenvalue weighted by Crippen LogP contribution is -2.36. The molecule has 0 aromatic carbocycles. The molecule has 1 aromatic rings. The van der Waals surface area contributed by atoms with Crippen LogP contribution in [0.3, 0.4) is 0 Å². The van der Waals surface area contributed by atoms with Crippen LogP contribution in [-0.2, 0) is 4.79 Å². The summed E-state index contributed by atoms with van der Waals surface area (Å²) in [4.78, 5) is 23.3. The number of nitrogens with zero attached hydrogens (tertiary/aromatic N) is 4. The molecule has 1 heterocycles. The number of hydrogen-bond donors (Lipinski definition) is 1. The van der Waals surface area contributed by atoms with Crippen LogP contribution in [0.5, 0.6) is 5.88 Å². The van der Waals surface area contributed by atoms with Crippen molar-refractivity contribution in [1.82, 2.24) is 14.9 Å². The zero-order chi connectivity index (χ0) is 15.8. The number of carboxylic acid groups (broad SMARTS) is 1. The first-order valence-corrected chi connectivity index (χ1v) is 7.02. The molecule has 21 heavy (non-hydrogen) atoms. The topological polar surface area (TPSA) is 78.8 Å². The number of anilines is 1. The van der Waals surface area contributed by atoms with Crippen LogP contribution >= 0.6 is 0 Å². The molecule has 7 heteroatoms. The molecule has 0 atom stereocenters. The maximum Gasteiger partial charge on any atom is 0.323 e. The van der Waals surface area contributed by atoms with Gasteiger partial charge in [0.05, 0.1) is 6.61 Å². The highest BCUT2D eigenvalue weighted by atomic mass is 16.5. The molecule has 0 saturated heterocycles. The van der Waals surface area contributed by atoms with Crippen LogP contribution in [0.15, 0.2) is 6.07 Å². The maximum absolute atomic E-state index is 11.0. The Labute approximate surface area is 125 Å². The summed E-state index contributed by atoms with van der Waals surface area (Å²) in [6, 6.07) is 1.75. The molecule has 1 aromatic heterocycles. The van der Waals surface area contributed by atoms with E-state index in [2.05, 4.69) is 9.97 Å². The number of carbonyl (C=O) groups is 1. The lowest BCUT2D eigenvalue weighted by atomic mass is 10.4. The smallest absolute Gasteiger partial charge is 0.323 e. The van der Waals surface area contributed by atoms with Gasteiger partial charge >= 0.3 is 5.97 Å². The molecule has 7 nitrogen and oxygen atoms in total. The predicted molar refractivity (Wildman–Crippen MR) is 81.0 cm³/mol. The van der Waals surface area contributed by atoms with E-state index in [9.17, 15) is 4.79 Å². The maximum atomic E-state index is 11.0. The van der Waals surface area contributed by atoms with E-state index in [0.717, 1.165) is 18.7 Å². The van der Waals surface area contributed by atoms with Crippen molar-refractivity contribution in [2.24, 2.45) is 0 Å². The second kappa shape index (κ2) is 8.41. The highest BCUT2D eigenvalue weighted by molar-refractivity contribution is 5.72. The molecule has 0 bridgehead atoms. The Balaban J connectivity index is 2.93. The lowest BCUT2D eigenvalue weighted by Gasteiger charge is -2.23. The number of hydrogen-bond acceptors (Lipinski definition) is 6. The zero-order valence-electron chi connectivity index (χ0n) is 13.2.